The summed E-state index contributed by atoms with van der Waals surface area (Å²) in [7, 11) is -0.813. The maximum atomic E-state index is 12.9. The van der Waals surface area contributed by atoms with E-state index in [0.717, 1.165) is 4.31 Å². The second-order valence-corrected chi connectivity index (χ2v) is 7.23. The van der Waals surface area contributed by atoms with Crippen LogP contribution in [0, 0.1) is 0 Å². The number of hydrogen-bond acceptors (Lipinski definition) is 5. The van der Waals surface area contributed by atoms with Crippen molar-refractivity contribution < 1.29 is 22.7 Å². The molecule has 1 aromatic heterocycles. The smallest absolute Gasteiger partial charge is 0.354 e. The van der Waals surface area contributed by atoms with Gasteiger partial charge in [0, 0.05) is 20.3 Å². The van der Waals surface area contributed by atoms with Crippen molar-refractivity contribution in [3.8, 4) is 5.75 Å². The molecule has 25 heavy (non-hydrogen) atoms. The van der Waals surface area contributed by atoms with Gasteiger partial charge in [0.25, 0.3) is 10.0 Å². The highest BCUT2D eigenvalue weighted by Gasteiger charge is 2.27. The lowest BCUT2D eigenvalue weighted by molar-refractivity contribution is 0.0515. The van der Waals surface area contributed by atoms with Crippen LogP contribution in [0.4, 0.5) is 5.69 Å². The van der Waals surface area contributed by atoms with Crippen molar-refractivity contribution in [3.05, 3.63) is 42.2 Å². The summed E-state index contributed by atoms with van der Waals surface area (Å²) in [5.41, 5.74) is 0.595. The van der Waals surface area contributed by atoms with E-state index < -0.39 is 16.0 Å². The van der Waals surface area contributed by atoms with Crippen molar-refractivity contribution in [2.45, 2.75) is 18.7 Å². The molecule has 8 heteroatoms. The number of hydrogen-bond donors (Lipinski definition) is 0. The molecule has 0 aliphatic carbocycles. The number of aryl methyl sites for hydroxylation is 1. The van der Waals surface area contributed by atoms with E-state index in [1.165, 1.54) is 23.9 Å². The third-order valence-corrected chi connectivity index (χ3v) is 5.36. The van der Waals surface area contributed by atoms with Crippen molar-refractivity contribution in [2.75, 3.05) is 24.6 Å². The molecule has 0 atom stereocenters. The maximum Gasteiger partial charge on any atom is 0.354 e. The van der Waals surface area contributed by atoms with E-state index in [0.29, 0.717) is 18.0 Å². The predicted molar refractivity (Wildman–Crippen MR) is 94.6 cm³/mol. The summed E-state index contributed by atoms with van der Waals surface area (Å²) in [6, 6.07) is 8.19. The van der Waals surface area contributed by atoms with Gasteiger partial charge in [-0.05, 0) is 32.0 Å². The Morgan fingerprint density at radius 1 is 1.20 bits per heavy atom. The Hall–Kier alpha value is -2.48. The number of para-hydroxylation sites is 2. The van der Waals surface area contributed by atoms with Gasteiger partial charge in [0.05, 0.1) is 18.9 Å². The first-order valence-electron chi connectivity index (χ1n) is 7.87. The maximum absolute atomic E-state index is 12.9. The quantitative estimate of drug-likeness (QED) is 0.703. The highest BCUT2D eigenvalue weighted by molar-refractivity contribution is 7.92. The molecule has 0 aliphatic heterocycles. The Balaban J connectivity index is 2.42. The SMILES string of the molecule is CCOC(=O)c1cc(S(=O)(=O)N(C)c2ccccc2OCC)cn1C. The molecule has 0 amide bonds. The van der Waals surface area contributed by atoms with Crippen LogP contribution in [0.2, 0.25) is 0 Å². The average Bonchev–Trinajstić information content (AvgIpc) is 2.98. The molecule has 0 bridgehead atoms. The van der Waals surface area contributed by atoms with Crippen molar-refractivity contribution >= 4 is 21.7 Å². The summed E-state index contributed by atoms with van der Waals surface area (Å²) in [5, 5.41) is 0. The van der Waals surface area contributed by atoms with Crippen LogP contribution in [0.3, 0.4) is 0 Å². The van der Waals surface area contributed by atoms with Crippen molar-refractivity contribution in [2.24, 2.45) is 7.05 Å². The number of ether oxygens (including phenoxy) is 2. The Morgan fingerprint density at radius 2 is 1.88 bits per heavy atom. The number of benzene rings is 1. The molecule has 7 nitrogen and oxygen atoms in total. The molecule has 0 fully saturated rings. The predicted octanol–water partition coefficient (Wildman–Crippen LogP) is 2.43. The zero-order valence-corrected chi connectivity index (χ0v) is 15.5. The van der Waals surface area contributed by atoms with E-state index in [4.69, 9.17) is 9.47 Å². The van der Waals surface area contributed by atoms with Gasteiger partial charge < -0.3 is 14.0 Å². The molecule has 0 spiro atoms. The van der Waals surface area contributed by atoms with Gasteiger partial charge in [-0.1, -0.05) is 12.1 Å². The fourth-order valence-electron chi connectivity index (χ4n) is 2.37. The second-order valence-electron chi connectivity index (χ2n) is 5.27. The standard InChI is InChI=1S/C17H22N2O5S/c1-5-23-16-10-8-7-9-14(16)19(4)25(21,22)13-11-15(18(3)12-13)17(20)24-6-2/h7-12H,5-6H2,1-4H3. The molecule has 136 valence electrons. The molecule has 0 aliphatic rings. The number of rotatable bonds is 7. The lowest BCUT2D eigenvalue weighted by atomic mass is 10.3. The molecule has 0 saturated carbocycles. The number of nitrogens with zero attached hydrogens (tertiary/aromatic N) is 2. The van der Waals surface area contributed by atoms with Gasteiger partial charge in [0.2, 0.25) is 0 Å². The number of carbonyl (C=O) groups is 1. The summed E-state index contributed by atoms with van der Waals surface area (Å²) in [6.45, 7) is 4.15. The molecule has 0 saturated heterocycles. The van der Waals surface area contributed by atoms with Crippen LogP contribution in [-0.4, -0.2) is 39.2 Å². The van der Waals surface area contributed by atoms with Gasteiger partial charge in [-0.25, -0.2) is 13.2 Å². The lowest BCUT2D eigenvalue weighted by Gasteiger charge is -2.21. The van der Waals surface area contributed by atoms with E-state index >= 15 is 0 Å². The van der Waals surface area contributed by atoms with E-state index in [1.54, 1.807) is 38.2 Å². The van der Waals surface area contributed by atoms with Crippen LogP contribution in [0.25, 0.3) is 0 Å². The third-order valence-electron chi connectivity index (χ3n) is 3.63. The number of esters is 1. The first kappa shape index (κ1) is 18.9. The Labute approximate surface area is 147 Å². The summed E-state index contributed by atoms with van der Waals surface area (Å²) in [4.78, 5) is 11.9. The number of sulfonamides is 1. The molecule has 0 unspecified atom stereocenters. The largest absolute Gasteiger partial charge is 0.492 e. The molecule has 1 aromatic carbocycles. The van der Waals surface area contributed by atoms with E-state index in [9.17, 15) is 13.2 Å². The Kier molecular flexibility index (Phi) is 5.73. The van der Waals surface area contributed by atoms with Gasteiger partial charge in [-0.3, -0.25) is 4.31 Å². The fraction of sp³-hybridized carbons (Fsp3) is 0.353. The number of anilines is 1. The first-order chi connectivity index (χ1) is 11.8. The van der Waals surface area contributed by atoms with Crippen LogP contribution in [-0.2, 0) is 21.8 Å². The normalized spacial score (nSPS) is 11.2. The van der Waals surface area contributed by atoms with Crippen LogP contribution in [0.1, 0.15) is 24.3 Å². The van der Waals surface area contributed by atoms with Crippen molar-refractivity contribution in [1.29, 1.82) is 0 Å². The Bertz CT molecular complexity index is 858. The topological polar surface area (TPSA) is 77.8 Å². The third kappa shape index (κ3) is 3.79. The fourth-order valence-corrected chi connectivity index (χ4v) is 3.64. The zero-order valence-electron chi connectivity index (χ0n) is 14.7. The molecular weight excluding hydrogens is 344 g/mol. The highest BCUT2D eigenvalue weighted by atomic mass is 32.2. The van der Waals surface area contributed by atoms with E-state index in [2.05, 4.69) is 0 Å². The second kappa shape index (κ2) is 7.60. The van der Waals surface area contributed by atoms with Crippen LogP contribution in [0.15, 0.2) is 41.4 Å². The monoisotopic (exact) mass is 366 g/mol. The summed E-state index contributed by atoms with van der Waals surface area (Å²) in [6.07, 6.45) is 1.39. The van der Waals surface area contributed by atoms with E-state index in [1.807, 2.05) is 6.92 Å². The minimum Gasteiger partial charge on any atom is -0.492 e. The van der Waals surface area contributed by atoms with Crippen LogP contribution in [0.5, 0.6) is 5.75 Å². The molecule has 0 radical (unpaired) electrons. The van der Waals surface area contributed by atoms with E-state index in [-0.39, 0.29) is 17.2 Å². The molecule has 2 aromatic rings. The lowest BCUT2D eigenvalue weighted by Crippen LogP contribution is -2.26. The minimum absolute atomic E-state index is 0.00635. The summed E-state index contributed by atoms with van der Waals surface area (Å²) < 4.78 is 38.9. The minimum atomic E-state index is -3.86. The summed E-state index contributed by atoms with van der Waals surface area (Å²) >= 11 is 0. The van der Waals surface area contributed by atoms with Crippen molar-refractivity contribution in [1.82, 2.24) is 4.57 Å². The number of carbonyl (C=O) groups excluding carboxylic acids is 1. The highest BCUT2D eigenvalue weighted by Crippen LogP contribution is 2.31. The van der Waals surface area contributed by atoms with Crippen LogP contribution < -0.4 is 9.04 Å². The average molecular weight is 366 g/mol. The van der Waals surface area contributed by atoms with Gasteiger partial charge in [-0.2, -0.15) is 0 Å². The number of aromatic nitrogens is 1. The summed E-state index contributed by atoms with van der Waals surface area (Å²) in [5.74, 6) is -0.0959. The first-order valence-corrected chi connectivity index (χ1v) is 9.31. The van der Waals surface area contributed by atoms with Gasteiger partial charge >= 0.3 is 5.97 Å². The van der Waals surface area contributed by atoms with Gasteiger partial charge in [-0.15, -0.1) is 0 Å². The van der Waals surface area contributed by atoms with Crippen molar-refractivity contribution in [3.63, 3.8) is 0 Å². The molecule has 2 rings (SSSR count). The zero-order chi connectivity index (χ0) is 18.6. The molecule has 1 heterocycles. The molecule has 0 N–H and O–H groups in total. The molecular formula is C17H22N2O5S. The van der Waals surface area contributed by atoms with Gasteiger partial charge in [0.1, 0.15) is 16.3 Å². The Morgan fingerprint density at radius 3 is 2.52 bits per heavy atom. The van der Waals surface area contributed by atoms with Gasteiger partial charge in [0.15, 0.2) is 0 Å². The van der Waals surface area contributed by atoms with Crippen LogP contribution >= 0.6 is 0 Å².